The van der Waals surface area contributed by atoms with Crippen LogP contribution in [0.4, 0.5) is 0 Å². The number of methoxy groups -OCH3 is 1. The Morgan fingerprint density at radius 2 is 2.06 bits per heavy atom. The molecule has 0 aliphatic carbocycles. The predicted molar refractivity (Wildman–Crippen MR) is 60.9 cm³/mol. The molecule has 0 saturated carbocycles. The molecule has 6 heteroatoms. The minimum absolute atomic E-state index is 0.117. The van der Waals surface area contributed by atoms with Crippen LogP contribution in [0.25, 0.3) is 0 Å². The minimum Gasteiger partial charge on any atom is -0.496 e. The topological polar surface area (TPSA) is 70.0 Å². The zero-order valence-corrected chi connectivity index (χ0v) is 9.87. The van der Waals surface area contributed by atoms with Crippen LogP contribution >= 0.6 is 11.3 Å². The molecular weight excluding hydrogens is 230 g/mol. The summed E-state index contributed by atoms with van der Waals surface area (Å²) in [6, 6.07) is 1.65. The number of thiophene rings is 1. The fourth-order valence-corrected chi connectivity index (χ4v) is 2.07. The van der Waals surface area contributed by atoms with Crippen LogP contribution in [0.3, 0.4) is 0 Å². The molecule has 2 N–H and O–H groups in total. The number of hydrogen-bond donors (Lipinski definition) is 2. The van der Waals surface area contributed by atoms with E-state index < -0.39 is 0 Å². The molecular formula is C10H15NO4S. The Balaban J connectivity index is 2.72. The molecule has 0 fully saturated rings. The second kappa shape index (κ2) is 6.47. The molecule has 90 valence electrons. The Labute approximate surface area is 97.9 Å². The first-order valence-corrected chi connectivity index (χ1v) is 5.74. The van der Waals surface area contributed by atoms with Crippen molar-refractivity contribution in [3.63, 3.8) is 0 Å². The summed E-state index contributed by atoms with van der Waals surface area (Å²) in [6.07, 6.45) is 0. The van der Waals surface area contributed by atoms with Crippen LogP contribution in [0.5, 0.6) is 5.75 Å². The summed E-state index contributed by atoms with van der Waals surface area (Å²) in [5.41, 5.74) is 0. The van der Waals surface area contributed by atoms with Gasteiger partial charge in [-0.1, -0.05) is 0 Å². The molecule has 0 aliphatic heterocycles. The summed E-state index contributed by atoms with van der Waals surface area (Å²) in [6.45, 7) is 0.210. The van der Waals surface area contributed by atoms with Gasteiger partial charge in [-0.2, -0.15) is 0 Å². The van der Waals surface area contributed by atoms with Gasteiger partial charge in [-0.05, 0) is 0 Å². The maximum absolute atomic E-state index is 11.9. The quantitative estimate of drug-likeness (QED) is 0.750. The third-order valence-corrected chi connectivity index (χ3v) is 2.95. The third-order valence-electron chi connectivity index (χ3n) is 2.05. The lowest BCUT2D eigenvalue weighted by Crippen LogP contribution is -2.35. The molecule has 1 aromatic heterocycles. The van der Waals surface area contributed by atoms with Gasteiger partial charge in [-0.15, -0.1) is 11.3 Å². The monoisotopic (exact) mass is 245 g/mol. The largest absolute Gasteiger partial charge is 0.496 e. The van der Waals surface area contributed by atoms with E-state index in [0.717, 1.165) is 0 Å². The van der Waals surface area contributed by atoms with Crippen molar-refractivity contribution in [2.45, 2.75) is 0 Å². The summed E-state index contributed by atoms with van der Waals surface area (Å²) in [5, 5.41) is 19.4. The van der Waals surface area contributed by atoms with Gasteiger partial charge >= 0.3 is 0 Å². The van der Waals surface area contributed by atoms with Gasteiger partial charge in [0.15, 0.2) is 0 Å². The molecule has 1 heterocycles. The first-order chi connectivity index (χ1) is 7.72. The molecule has 0 radical (unpaired) electrons. The minimum atomic E-state index is -0.198. The van der Waals surface area contributed by atoms with E-state index in [1.54, 1.807) is 11.4 Å². The molecule has 1 rings (SSSR count). The summed E-state index contributed by atoms with van der Waals surface area (Å²) in [5.74, 6) is 0.442. The Kier molecular flexibility index (Phi) is 5.24. The summed E-state index contributed by atoms with van der Waals surface area (Å²) >= 11 is 1.28. The van der Waals surface area contributed by atoms with Crippen LogP contribution in [0.15, 0.2) is 11.4 Å². The molecule has 0 saturated heterocycles. The number of hydrogen-bond acceptors (Lipinski definition) is 5. The maximum Gasteiger partial charge on any atom is 0.264 e. The van der Waals surface area contributed by atoms with Crippen LogP contribution in [-0.2, 0) is 0 Å². The number of nitrogens with zero attached hydrogens (tertiary/aromatic N) is 1. The number of ether oxygens (including phenoxy) is 1. The summed E-state index contributed by atoms with van der Waals surface area (Å²) in [4.78, 5) is 13.9. The number of rotatable bonds is 6. The molecule has 16 heavy (non-hydrogen) atoms. The van der Waals surface area contributed by atoms with E-state index in [9.17, 15) is 4.79 Å². The zero-order chi connectivity index (χ0) is 12.0. The lowest BCUT2D eigenvalue weighted by atomic mass is 10.3. The van der Waals surface area contributed by atoms with E-state index in [0.29, 0.717) is 10.6 Å². The standard InChI is InChI=1S/C10H15NO4S/c1-15-8-6-9(16-7-8)10(14)11(2-4-12)3-5-13/h6-7,12-13H,2-5H2,1H3. The smallest absolute Gasteiger partial charge is 0.264 e. The van der Waals surface area contributed by atoms with Crippen LogP contribution in [0, 0.1) is 0 Å². The van der Waals surface area contributed by atoms with E-state index in [1.165, 1.54) is 23.3 Å². The lowest BCUT2D eigenvalue weighted by Gasteiger charge is -2.19. The molecule has 0 unspecified atom stereocenters. The van der Waals surface area contributed by atoms with Crippen molar-refractivity contribution in [1.82, 2.24) is 4.90 Å². The molecule has 0 atom stereocenters. The van der Waals surface area contributed by atoms with Gasteiger partial charge in [0.05, 0.1) is 25.2 Å². The average Bonchev–Trinajstić information content (AvgIpc) is 2.76. The first-order valence-electron chi connectivity index (χ1n) is 4.86. The molecule has 0 bridgehead atoms. The Morgan fingerprint density at radius 3 is 2.50 bits per heavy atom. The lowest BCUT2D eigenvalue weighted by molar-refractivity contribution is 0.0689. The van der Waals surface area contributed by atoms with Crippen molar-refractivity contribution in [2.75, 3.05) is 33.4 Å². The molecule has 0 aromatic carbocycles. The van der Waals surface area contributed by atoms with E-state index in [-0.39, 0.29) is 32.2 Å². The van der Waals surface area contributed by atoms with Gasteiger partial charge in [0.25, 0.3) is 5.91 Å². The zero-order valence-electron chi connectivity index (χ0n) is 9.05. The highest BCUT2D eigenvalue weighted by Gasteiger charge is 2.16. The van der Waals surface area contributed by atoms with E-state index in [4.69, 9.17) is 14.9 Å². The SMILES string of the molecule is COc1csc(C(=O)N(CCO)CCO)c1. The van der Waals surface area contributed by atoms with Crippen LogP contribution in [0.1, 0.15) is 9.67 Å². The number of carbonyl (C=O) groups is 1. The third kappa shape index (κ3) is 3.19. The average molecular weight is 245 g/mol. The maximum atomic E-state index is 11.9. The van der Waals surface area contributed by atoms with Crippen LogP contribution in [-0.4, -0.2) is 54.4 Å². The predicted octanol–water partition coefficient (Wildman–Crippen LogP) is 0.184. The Morgan fingerprint density at radius 1 is 1.44 bits per heavy atom. The van der Waals surface area contributed by atoms with Gasteiger partial charge in [-0.3, -0.25) is 4.79 Å². The molecule has 1 amide bonds. The Hall–Kier alpha value is -1.11. The Bertz CT molecular complexity index is 333. The van der Waals surface area contributed by atoms with Crippen molar-refractivity contribution in [3.05, 3.63) is 16.3 Å². The second-order valence-corrected chi connectivity index (χ2v) is 4.00. The van der Waals surface area contributed by atoms with Crippen molar-refractivity contribution < 1.29 is 19.7 Å². The molecule has 0 spiro atoms. The molecule has 1 aromatic rings. The van der Waals surface area contributed by atoms with Gasteiger partial charge < -0.3 is 19.8 Å². The number of amides is 1. The first kappa shape index (κ1) is 13.0. The highest BCUT2D eigenvalue weighted by molar-refractivity contribution is 7.12. The highest BCUT2D eigenvalue weighted by Crippen LogP contribution is 2.22. The van der Waals surface area contributed by atoms with Gasteiger partial charge in [0.1, 0.15) is 5.75 Å². The van der Waals surface area contributed by atoms with E-state index in [2.05, 4.69) is 0 Å². The van der Waals surface area contributed by atoms with Crippen molar-refractivity contribution in [3.8, 4) is 5.75 Å². The van der Waals surface area contributed by atoms with Gasteiger partial charge in [-0.25, -0.2) is 0 Å². The fourth-order valence-electron chi connectivity index (χ4n) is 1.25. The number of carbonyl (C=O) groups excluding carboxylic acids is 1. The fraction of sp³-hybridized carbons (Fsp3) is 0.500. The summed E-state index contributed by atoms with van der Waals surface area (Å²) < 4.78 is 4.99. The number of aliphatic hydroxyl groups is 2. The van der Waals surface area contributed by atoms with E-state index in [1.807, 2.05) is 0 Å². The van der Waals surface area contributed by atoms with Gasteiger partial charge in [0, 0.05) is 24.5 Å². The van der Waals surface area contributed by atoms with E-state index >= 15 is 0 Å². The summed E-state index contributed by atoms with van der Waals surface area (Å²) in [7, 11) is 1.54. The number of aliphatic hydroxyl groups excluding tert-OH is 2. The second-order valence-electron chi connectivity index (χ2n) is 3.09. The van der Waals surface area contributed by atoms with Crippen LogP contribution in [0.2, 0.25) is 0 Å². The highest BCUT2D eigenvalue weighted by atomic mass is 32.1. The normalized spacial score (nSPS) is 10.2. The van der Waals surface area contributed by atoms with Crippen molar-refractivity contribution >= 4 is 17.2 Å². The van der Waals surface area contributed by atoms with Gasteiger partial charge in [0.2, 0.25) is 0 Å². The van der Waals surface area contributed by atoms with Crippen molar-refractivity contribution in [1.29, 1.82) is 0 Å². The van der Waals surface area contributed by atoms with Crippen LogP contribution < -0.4 is 4.74 Å². The molecule has 5 nitrogen and oxygen atoms in total. The molecule has 0 aliphatic rings. The van der Waals surface area contributed by atoms with Crippen molar-refractivity contribution in [2.24, 2.45) is 0 Å².